The first kappa shape index (κ1) is 16.3. The van der Waals surface area contributed by atoms with Crippen molar-refractivity contribution in [1.29, 1.82) is 0 Å². The van der Waals surface area contributed by atoms with Crippen molar-refractivity contribution in [3.8, 4) is 5.75 Å². The van der Waals surface area contributed by atoms with Gasteiger partial charge in [0.1, 0.15) is 18.2 Å². The second-order valence-corrected chi connectivity index (χ2v) is 6.18. The van der Waals surface area contributed by atoms with Gasteiger partial charge in [0.15, 0.2) is 0 Å². The smallest absolute Gasteiger partial charge is 0.336 e. The maximum Gasteiger partial charge on any atom is 0.336 e. The largest absolute Gasteiger partial charge is 0.497 e. The van der Waals surface area contributed by atoms with Crippen LogP contribution >= 0.6 is 0 Å². The number of amides is 1. The zero-order chi connectivity index (χ0) is 18.3. The first-order chi connectivity index (χ1) is 12.6. The number of ether oxygens (including phenoxy) is 2. The van der Waals surface area contributed by atoms with Crippen LogP contribution in [0.5, 0.6) is 5.75 Å². The molecule has 2 aliphatic heterocycles. The molecule has 0 radical (unpaired) electrons. The molecule has 1 atom stereocenters. The Hall–Kier alpha value is -3.15. The monoisotopic (exact) mass is 353 g/mol. The van der Waals surface area contributed by atoms with Gasteiger partial charge in [-0.25, -0.2) is 9.18 Å². The van der Waals surface area contributed by atoms with E-state index in [2.05, 4.69) is 0 Å². The minimum absolute atomic E-state index is 0.00305. The summed E-state index contributed by atoms with van der Waals surface area (Å²) in [5.74, 6) is -0.771. The summed E-state index contributed by atoms with van der Waals surface area (Å²) in [6.45, 7) is 0.00305. The fraction of sp³-hybridized carbons (Fsp3) is 0.200. The van der Waals surface area contributed by atoms with E-state index in [1.165, 1.54) is 23.1 Å². The quantitative estimate of drug-likeness (QED) is 0.796. The number of rotatable bonds is 3. The minimum atomic E-state index is -0.444. The Morgan fingerprint density at radius 2 is 1.92 bits per heavy atom. The number of hydrogen-bond acceptors (Lipinski definition) is 4. The lowest BCUT2D eigenvalue weighted by Crippen LogP contribution is -2.37. The van der Waals surface area contributed by atoms with Crippen molar-refractivity contribution in [1.82, 2.24) is 0 Å². The average Bonchev–Trinajstić information content (AvgIpc) is 3.02. The average molecular weight is 353 g/mol. The summed E-state index contributed by atoms with van der Waals surface area (Å²) in [7, 11) is 1.57. The molecule has 2 heterocycles. The first-order valence-corrected chi connectivity index (χ1v) is 8.21. The van der Waals surface area contributed by atoms with E-state index >= 15 is 0 Å². The zero-order valence-electron chi connectivity index (χ0n) is 14.1. The SMILES string of the molecule is COc1ccc([C@@H]2CC(=O)N(c3cccc(F)c3)C3=C2C(=O)OC3)cc1. The molecule has 0 fully saturated rings. The van der Waals surface area contributed by atoms with Crippen LogP contribution in [0.4, 0.5) is 10.1 Å². The number of halogens is 1. The standard InChI is InChI=1S/C20H16FNO4/c1-25-15-7-5-12(6-8-15)16-10-18(23)22(14-4-2-3-13(21)9-14)17-11-26-20(24)19(16)17/h2-9,16H,10-11H2,1H3/t16-/m0/s1. The molecule has 0 aromatic heterocycles. The number of benzene rings is 2. The van der Waals surface area contributed by atoms with E-state index in [9.17, 15) is 14.0 Å². The highest BCUT2D eigenvalue weighted by Crippen LogP contribution is 2.42. The van der Waals surface area contributed by atoms with E-state index in [-0.39, 0.29) is 24.9 Å². The fourth-order valence-corrected chi connectivity index (χ4v) is 3.49. The second-order valence-electron chi connectivity index (χ2n) is 6.18. The van der Waals surface area contributed by atoms with Crippen molar-refractivity contribution in [2.24, 2.45) is 0 Å². The van der Waals surface area contributed by atoms with Crippen LogP contribution in [0.2, 0.25) is 0 Å². The van der Waals surface area contributed by atoms with Gasteiger partial charge in [0.25, 0.3) is 0 Å². The summed E-state index contributed by atoms with van der Waals surface area (Å²) >= 11 is 0. The van der Waals surface area contributed by atoms with Crippen LogP contribution in [0.15, 0.2) is 59.8 Å². The first-order valence-electron chi connectivity index (χ1n) is 8.21. The van der Waals surface area contributed by atoms with Crippen molar-refractivity contribution >= 4 is 17.6 Å². The summed E-state index contributed by atoms with van der Waals surface area (Å²) in [4.78, 5) is 26.6. The number of anilines is 1. The predicted octanol–water partition coefficient (Wildman–Crippen LogP) is 3.17. The van der Waals surface area contributed by atoms with Gasteiger partial charge < -0.3 is 9.47 Å². The molecule has 2 aromatic carbocycles. The van der Waals surface area contributed by atoms with Crippen LogP contribution < -0.4 is 9.64 Å². The van der Waals surface area contributed by atoms with Gasteiger partial charge >= 0.3 is 5.97 Å². The molecule has 6 heteroatoms. The van der Waals surface area contributed by atoms with Crippen molar-refractivity contribution in [2.45, 2.75) is 12.3 Å². The van der Waals surface area contributed by atoms with Crippen LogP contribution in [0.25, 0.3) is 0 Å². The molecule has 0 N–H and O–H groups in total. The van der Waals surface area contributed by atoms with Gasteiger partial charge in [-0.3, -0.25) is 9.69 Å². The summed E-state index contributed by atoms with van der Waals surface area (Å²) < 4.78 is 24.0. The highest BCUT2D eigenvalue weighted by atomic mass is 19.1. The molecule has 1 amide bonds. The van der Waals surface area contributed by atoms with Crippen LogP contribution in [-0.4, -0.2) is 25.6 Å². The van der Waals surface area contributed by atoms with Crippen molar-refractivity contribution in [2.75, 3.05) is 18.6 Å². The summed E-state index contributed by atoms with van der Waals surface area (Å²) in [6, 6.07) is 13.0. The van der Waals surface area contributed by atoms with Crippen molar-refractivity contribution < 1.29 is 23.5 Å². The van der Waals surface area contributed by atoms with E-state index in [0.717, 1.165) is 5.56 Å². The van der Waals surface area contributed by atoms with Gasteiger partial charge in [-0.1, -0.05) is 18.2 Å². The van der Waals surface area contributed by atoms with Crippen molar-refractivity contribution in [3.63, 3.8) is 0 Å². The van der Waals surface area contributed by atoms with E-state index in [0.29, 0.717) is 22.7 Å². The van der Waals surface area contributed by atoms with Crippen LogP contribution in [0.1, 0.15) is 17.9 Å². The van der Waals surface area contributed by atoms with E-state index < -0.39 is 11.8 Å². The molecule has 0 saturated carbocycles. The Kier molecular flexibility index (Phi) is 3.95. The van der Waals surface area contributed by atoms with E-state index in [1.54, 1.807) is 25.3 Å². The Labute approximate surface area is 149 Å². The Balaban J connectivity index is 1.80. The van der Waals surface area contributed by atoms with Gasteiger partial charge in [0.05, 0.1) is 24.1 Å². The maximum atomic E-state index is 13.6. The van der Waals surface area contributed by atoms with Gasteiger partial charge in [-0.15, -0.1) is 0 Å². The third-order valence-electron chi connectivity index (χ3n) is 4.70. The van der Waals surface area contributed by atoms with Gasteiger partial charge in [0, 0.05) is 12.3 Å². The lowest BCUT2D eigenvalue weighted by Gasteiger charge is -2.31. The number of methoxy groups -OCH3 is 1. The molecule has 0 spiro atoms. The van der Waals surface area contributed by atoms with Crippen LogP contribution in [0.3, 0.4) is 0 Å². The van der Waals surface area contributed by atoms with Crippen molar-refractivity contribution in [3.05, 3.63) is 71.2 Å². The van der Waals surface area contributed by atoms with E-state index in [4.69, 9.17) is 9.47 Å². The molecule has 4 rings (SSSR count). The fourth-order valence-electron chi connectivity index (χ4n) is 3.49. The lowest BCUT2D eigenvalue weighted by molar-refractivity contribution is -0.136. The number of carbonyl (C=O) groups excluding carboxylic acids is 2. The molecule has 2 aromatic rings. The van der Waals surface area contributed by atoms with E-state index in [1.807, 2.05) is 12.1 Å². The number of nitrogens with zero attached hydrogens (tertiary/aromatic N) is 1. The molecular weight excluding hydrogens is 337 g/mol. The normalized spacial score (nSPS) is 19.5. The third-order valence-corrected chi connectivity index (χ3v) is 4.70. The minimum Gasteiger partial charge on any atom is -0.497 e. The molecule has 0 aliphatic carbocycles. The Bertz CT molecular complexity index is 920. The third kappa shape index (κ3) is 2.63. The Morgan fingerprint density at radius 3 is 2.62 bits per heavy atom. The molecular formula is C20H16FNO4. The molecule has 2 aliphatic rings. The van der Waals surface area contributed by atoms with Crippen LogP contribution in [0, 0.1) is 5.82 Å². The number of esters is 1. The Morgan fingerprint density at radius 1 is 1.15 bits per heavy atom. The highest BCUT2D eigenvalue weighted by molar-refractivity contribution is 6.06. The predicted molar refractivity (Wildman–Crippen MR) is 92.2 cm³/mol. The number of hydrogen-bond donors (Lipinski definition) is 0. The molecule has 132 valence electrons. The topological polar surface area (TPSA) is 55.8 Å². The lowest BCUT2D eigenvalue weighted by atomic mass is 9.84. The zero-order valence-corrected chi connectivity index (χ0v) is 14.1. The summed E-state index contributed by atoms with van der Waals surface area (Å²) in [6.07, 6.45) is 0.108. The van der Waals surface area contributed by atoms with Gasteiger partial charge in [0.2, 0.25) is 5.91 Å². The summed E-state index contributed by atoms with van der Waals surface area (Å²) in [5.41, 5.74) is 2.18. The number of cyclic esters (lactones) is 1. The van der Waals surface area contributed by atoms with Crippen LogP contribution in [-0.2, 0) is 14.3 Å². The molecule has 26 heavy (non-hydrogen) atoms. The van der Waals surface area contributed by atoms with Gasteiger partial charge in [-0.2, -0.15) is 0 Å². The molecule has 0 saturated heterocycles. The highest BCUT2D eigenvalue weighted by Gasteiger charge is 2.42. The van der Waals surface area contributed by atoms with Gasteiger partial charge in [-0.05, 0) is 35.9 Å². The molecule has 0 bridgehead atoms. The second kappa shape index (κ2) is 6.29. The summed E-state index contributed by atoms with van der Waals surface area (Å²) in [5, 5.41) is 0. The molecule has 0 unspecified atom stereocenters. The number of carbonyl (C=O) groups is 2. The maximum absolute atomic E-state index is 13.6. The molecule has 5 nitrogen and oxygen atoms in total.